The quantitative estimate of drug-likeness (QED) is 0.663. The topological polar surface area (TPSA) is 30.0 Å². The van der Waals surface area contributed by atoms with Crippen molar-refractivity contribution in [3.8, 4) is 0 Å². The van der Waals surface area contributed by atoms with Gasteiger partial charge in [0.25, 0.3) is 0 Å². The highest BCUT2D eigenvalue weighted by molar-refractivity contribution is 7.98. The molecule has 0 bridgehead atoms. The maximum atomic E-state index is 11.6. The first-order valence-electron chi connectivity index (χ1n) is 4.80. The molecule has 74 valence electrons. The average molecular weight is 207 g/mol. The first-order valence-corrected chi connectivity index (χ1v) is 6.02. The fourth-order valence-electron chi connectivity index (χ4n) is 1.87. The maximum absolute atomic E-state index is 11.6. The van der Waals surface area contributed by atoms with E-state index in [0.29, 0.717) is 6.42 Å². The second-order valence-corrected chi connectivity index (χ2v) is 4.42. The molecule has 3 heteroatoms. The molecule has 0 fully saturated rings. The third-order valence-electron chi connectivity index (χ3n) is 2.53. The van der Waals surface area contributed by atoms with E-state index in [4.69, 9.17) is 0 Å². The zero-order valence-electron chi connectivity index (χ0n) is 8.46. The van der Waals surface area contributed by atoms with Crippen molar-refractivity contribution in [1.82, 2.24) is 4.98 Å². The van der Waals surface area contributed by atoms with Crippen molar-refractivity contribution in [2.75, 3.05) is 6.26 Å². The predicted molar refractivity (Wildman–Crippen MR) is 58.0 cm³/mol. The summed E-state index contributed by atoms with van der Waals surface area (Å²) in [5.74, 6) is 0.213. The molecule has 1 aromatic heterocycles. The predicted octanol–water partition coefficient (Wildman–Crippen LogP) is 2.63. The number of aryl methyl sites for hydroxylation is 1. The van der Waals surface area contributed by atoms with Gasteiger partial charge < -0.3 is 0 Å². The second-order valence-electron chi connectivity index (χ2n) is 3.57. The minimum absolute atomic E-state index is 0.213. The van der Waals surface area contributed by atoms with Gasteiger partial charge in [0.2, 0.25) is 0 Å². The Morgan fingerprint density at radius 1 is 1.43 bits per heavy atom. The third-order valence-corrected chi connectivity index (χ3v) is 3.33. The van der Waals surface area contributed by atoms with Gasteiger partial charge in [-0.15, -0.1) is 11.8 Å². The lowest BCUT2D eigenvalue weighted by Crippen LogP contribution is -2.14. The van der Waals surface area contributed by atoms with Crippen LogP contribution in [-0.4, -0.2) is 17.0 Å². The average Bonchev–Trinajstić information content (AvgIpc) is 2.18. The standard InChI is InChI=1S/C11H13NOS/c1-7-6-10(14-2)8-4-3-5-9(13)11(8)12-7/h6H,3-5H2,1-2H3. The Bertz CT molecular complexity index is 387. The molecule has 0 aliphatic heterocycles. The number of aromatic nitrogens is 1. The zero-order chi connectivity index (χ0) is 10.1. The summed E-state index contributed by atoms with van der Waals surface area (Å²) in [7, 11) is 0. The lowest BCUT2D eigenvalue weighted by molar-refractivity contribution is 0.0966. The summed E-state index contributed by atoms with van der Waals surface area (Å²) in [6, 6.07) is 2.07. The van der Waals surface area contributed by atoms with Gasteiger partial charge in [0, 0.05) is 17.0 Å². The summed E-state index contributed by atoms with van der Waals surface area (Å²) in [5, 5.41) is 0. The van der Waals surface area contributed by atoms with Gasteiger partial charge in [-0.25, -0.2) is 4.98 Å². The molecular formula is C11H13NOS. The Kier molecular flexibility index (Phi) is 2.59. The number of carbonyl (C=O) groups is 1. The molecule has 0 atom stereocenters. The van der Waals surface area contributed by atoms with Crippen molar-refractivity contribution >= 4 is 17.5 Å². The smallest absolute Gasteiger partial charge is 0.181 e. The van der Waals surface area contributed by atoms with Gasteiger partial charge in [0.05, 0.1) is 0 Å². The largest absolute Gasteiger partial charge is 0.292 e. The van der Waals surface area contributed by atoms with E-state index < -0.39 is 0 Å². The number of ketones is 1. The minimum atomic E-state index is 0.213. The lowest BCUT2D eigenvalue weighted by Gasteiger charge is -2.17. The number of fused-ring (bicyclic) bond motifs is 1. The monoisotopic (exact) mass is 207 g/mol. The van der Waals surface area contributed by atoms with Gasteiger partial charge in [0.1, 0.15) is 5.69 Å². The van der Waals surface area contributed by atoms with Crippen molar-refractivity contribution in [3.05, 3.63) is 23.0 Å². The summed E-state index contributed by atoms with van der Waals surface area (Å²) in [6.45, 7) is 1.95. The Morgan fingerprint density at radius 2 is 2.21 bits per heavy atom. The number of pyridine rings is 1. The summed E-state index contributed by atoms with van der Waals surface area (Å²) in [4.78, 5) is 17.2. The van der Waals surface area contributed by atoms with E-state index in [9.17, 15) is 4.79 Å². The molecule has 1 aliphatic rings. The van der Waals surface area contributed by atoms with E-state index in [2.05, 4.69) is 11.1 Å². The molecule has 14 heavy (non-hydrogen) atoms. The molecule has 2 rings (SSSR count). The van der Waals surface area contributed by atoms with Crippen molar-refractivity contribution in [1.29, 1.82) is 0 Å². The van der Waals surface area contributed by atoms with Crippen LogP contribution in [0, 0.1) is 6.92 Å². The molecule has 0 aromatic carbocycles. The molecule has 0 spiro atoms. The van der Waals surface area contributed by atoms with Crippen LogP contribution in [0.2, 0.25) is 0 Å². The Hall–Kier alpha value is -0.830. The number of nitrogens with zero attached hydrogens (tertiary/aromatic N) is 1. The second kappa shape index (κ2) is 3.73. The molecule has 1 aliphatic carbocycles. The number of hydrogen-bond donors (Lipinski definition) is 0. The Balaban J connectivity index is 2.60. The zero-order valence-corrected chi connectivity index (χ0v) is 9.28. The molecule has 2 nitrogen and oxygen atoms in total. The van der Waals surface area contributed by atoms with Crippen LogP contribution in [0.3, 0.4) is 0 Å². The molecule has 1 heterocycles. The van der Waals surface area contributed by atoms with Crippen LogP contribution < -0.4 is 0 Å². The van der Waals surface area contributed by atoms with Crippen LogP contribution in [0.4, 0.5) is 0 Å². The maximum Gasteiger partial charge on any atom is 0.181 e. The molecule has 1 aromatic rings. The fraction of sp³-hybridized carbons (Fsp3) is 0.455. The van der Waals surface area contributed by atoms with E-state index in [1.807, 2.05) is 13.2 Å². The molecule has 0 unspecified atom stereocenters. The highest BCUT2D eigenvalue weighted by Crippen LogP contribution is 2.29. The van der Waals surface area contributed by atoms with Crippen LogP contribution in [0.5, 0.6) is 0 Å². The van der Waals surface area contributed by atoms with Crippen molar-refractivity contribution in [3.63, 3.8) is 0 Å². The highest BCUT2D eigenvalue weighted by atomic mass is 32.2. The summed E-state index contributed by atoms with van der Waals surface area (Å²) in [5.41, 5.74) is 2.84. The summed E-state index contributed by atoms with van der Waals surface area (Å²) in [6.07, 6.45) is 4.69. The van der Waals surface area contributed by atoms with Crippen LogP contribution >= 0.6 is 11.8 Å². The lowest BCUT2D eigenvalue weighted by atomic mass is 9.95. The summed E-state index contributed by atoms with van der Waals surface area (Å²) >= 11 is 1.71. The van der Waals surface area contributed by atoms with Crippen molar-refractivity contribution < 1.29 is 4.79 Å². The number of thioether (sulfide) groups is 1. The van der Waals surface area contributed by atoms with E-state index in [1.54, 1.807) is 11.8 Å². The van der Waals surface area contributed by atoms with E-state index in [-0.39, 0.29) is 5.78 Å². The van der Waals surface area contributed by atoms with Gasteiger partial charge in [-0.1, -0.05) is 0 Å². The Morgan fingerprint density at radius 3 is 2.93 bits per heavy atom. The molecule has 0 radical (unpaired) electrons. The third kappa shape index (κ3) is 1.57. The normalized spacial score (nSPS) is 15.4. The SMILES string of the molecule is CSc1cc(C)nc2c1CCCC2=O. The van der Waals surface area contributed by atoms with Gasteiger partial charge in [-0.05, 0) is 37.7 Å². The number of hydrogen-bond acceptors (Lipinski definition) is 3. The number of rotatable bonds is 1. The highest BCUT2D eigenvalue weighted by Gasteiger charge is 2.21. The van der Waals surface area contributed by atoms with E-state index in [1.165, 1.54) is 10.5 Å². The molecule has 0 saturated heterocycles. The molecule has 0 amide bonds. The number of carbonyl (C=O) groups excluding carboxylic acids is 1. The first kappa shape index (κ1) is 9.71. The van der Waals surface area contributed by atoms with Gasteiger partial charge in [0.15, 0.2) is 5.78 Å². The van der Waals surface area contributed by atoms with E-state index >= 15 is 0 Å². The van der Waals surface area contributed by atoms with Crippen LogP contribution in [0.25, 0.3) is 0 Å². The van der Waals surface area contributed by atoms with Gasteiger partial charge >= 0.3 is 0 Å². The van der Waals surface area contributed by atoms with Gasteiger partial charge in [-0.3, -0.25) is 4.79 Å². The van der Waals surface area contributed by atoms with Crippen LogP contribution in [0.15, 0.2) is 11.0 Å². The first-order chi connectivity index (χ1) is 6.72. The minimum Gasteiger partial charge on any atom is -0.292 e. The fourth-order valence-corrected chi connectivity index (χ4v) is 2.60. The van der Waals surface area contributed by atoms with E-state index in [0.717, 1.165) is 24.2 Å². The molecule has 0 N–H and O–H groups in total. The van der Waals surface area contributed by atoms with Crippen LogP contribution in [-0.2, 0) is 6.42 Å². The van der Waals surface area contributed by atoms with Crippen LogP contribution in [0.1, 0.15) is 34.6 Å². The van der Waals surface area contributed by atoms with Crippen molar-refractivity contribution in [2.24, 2.45) is 0 Å². The number of Topliss-reactive ketones (excluding diaryl/α,β-unsaturated/α-hetero) is 1. The van der Waals surface area contributed by atoms with Gasteiger partial charge in [-0.2, -0.15) is 0 Å². The molecular weight excluding hydrogens is 194 g/mol. The molecule has 0 saturated carbocycles. The Labute approximate surface area is 88.1 Å². The van der Waals surface area contributed by atoms with Crippen molar-refractivity contribution in [2.45, 2.75) is 31.1 Å². The summed E-state index contributed by atoms with van der Waals surface area (Å²) < 4.78 is 0.